The Bertz CT molecular complexity index is 344. The van der Waals surface area contributed by atoms with Crippen molar-refractivity contribution in [3.05, 3.63) is 0 Å². The number of hydrogen-bond donors (Lipinski definition) is 2. The molecular weight excluding hydrogens is 275 g/mol. The van der Waals surface area contributed by atoms with Gasteiger partial charge in [0.2, 0.25) is 0 Å². The van der Waals surface area contributed by atoms with Crippen molar-refractivity contribution >= 4 is 5.97 Å². The Morgan fingerprint density at radius 1 is 1.40 bits per heavy atom. The molecule has 0 aliphatic heterocycles. The minimum Gasteiger partial charge on any atom is -0.481 e. The fourth-order valence-corrected chi connectivity index (χ4v) is 2.94. The molecule has 3 unspecified atom stereocenters. The number of carboxylic acid groups (broad SMARTS) is 1. The third-order valence-corrected chi connectivity index (χ3v) is 4.51. The van der Waals surface area contributed by atoms with Crippen LogP contribution in [0.2, 0.25) is 0 Å². The number of aliphatic carboxylic acids is 1. The average Bonchev–Trinajstić information content (AvgIpc) is 2.27. The second kappa shape index (κ2) is 6.30. The SMILES string of the molecule is CC1C(NCCOC(F)(F)F)CCC(C(=O)O)C1(C)C. The summed E-state index contributed by atoms with van der Waals surface area (Å²) in [6.45, 7) is 5.40. The summed E-state index contributed by atoms with van der Waals surface area (Å²) in [6.07, 6.45) is -3.43. The molecule has 0 aromatic rings. The normalized spacial score (nSPS) is 30.2. The lowest BCUT2D eigenvalue weighted by atomic mass is 9.61. The highest BCUT2D eigenvalue weighted by molar-refractivity contribution is 5.71. The zero-order valence-corrected chi connectivity index (χ0v) is 12.0. The van der Waals surface area contributed by atoms with E-state index in [2.05, 4.69) is 10.1 Å². The number of ether oxygens (including phenoxy) is 1. The number of carbonyl (C=O) groups is 1. The molecule has 1 saturated carbocycles. The molecule has 0 aromatic heterocycles. The largest absolute Gasteiger partial charge is 0.522 e. The van der Waals surface area contributed by atoms with Gasteiger partial charge in [-0.2, -0.15) is 0 Å². The fourth-order valence-electron chi connectivity index (χ4n) is 2.94. The second-order valence-electron chi connectivity index (χ2n) is 5.93. The van der Waals surface area contributed by atoms with Crippen molar-refractivity contribution in [2.24, 2.45) is 17.3 Å². The van der Waals surface area contributed by atoms with Gasteiger partial charge in [-0.25, -0.2) is 0 Å². The van der Waals surface area contributed by atoms with Gasteiger partial charge in [-0.3, -0.25) is 9.53 Å². The molecule has 1 fully saturated rings. The van der Waals surface area contributed by atoms with Gasteiger partial charge in [-0.15, -0.1) is 13.2 Å². The molecule has 1 aliphatic rings. The lowest BCUT2D eigenvalue weighted by Crippen LogP contribution is -2.51. The van der Waals surface area contributed by atoms with Gasteiger partial charge in [-0.05, 0) is 24.2 Å². The highest BCUT2D eigenvalue weighted by atomic mass is 19.4. The minimum atomic E-state index is -4.60. The van der Waals surface area contributed by atoms with Crippen molar-refractivity contribution in [3.63, 3.8) is 0 Å². The molecule has 2 N–H and O–H groups in total. The van der Waals surface area contributed by atoms with Crippen molar-refractivity contribution in [1.29, 1.82) is 0 Å². The Morgan fingerprint density at radius 3 is 2.50 bits per heavy atom. The predicted molar refractivity (Wildman–Crippen MR) is 67.1 cm³/mol. The Labute approximate surface area is 116 Å². The van der Waals surface area contributed by atoms with Crippen molar-refractivity contribution in [1.82, 2.24) is 5.32 Å². The highest BCUT2D eigenvalue weighted by Gasteiger charge is 2.46. The minimum absolute atomic E-state index is 0.0115. The lowest BCUT2D eigenvalue weighted by molar-refractivity contribution is -0.323. The summed E-state index contributed by atoms with van der Waals surface area (Å²) < 4.78 is 39.2. The van der Waals surface area contributed by atoms with E-state index in [0.29, 0.717) is 12.8 Å². The first-order valence-electron chi connectivity index (χ1n) is 6.72. The van der Waals surface area contributed by atoms with E-state index in [-0.39, 0.29) is 18.5 Å². The second-order valence-corrected chi connectivity index (χ2v) is 5.93. The average molecular weight is 297 g/mol. The molecule has 118 valence electrons. The molecule has 0 aromatic carbocycles. The van der Waals surface area contributed by atoms with Crippen LogP contribution >= 0.6 is 0 Å². The van der Waals surface area contributed by atoms with Gasteiger partial charge in [0.25, 0.3) is 0 Å². The Hall–Kier alpha value is -0.820. The zero-order valence-electron chi connectivity index (χ0n) is 12.0. The van der Waals surface area contributed by atoms with Gasteiger partial charge in [0.15, 0.2) is 0 Å². The Balaban J connectivity index is 2.48. The van der Waals surface area contributed by atoms with Crippen LogP contribution in [0.4, 0.5) is 13.2 Å². The van der Waals surface area contributed by atoms with Gasteiger partial charge >= 0.3 is 12.3 Å². The number of hydrogen-bond acceptors (Lipinski definition) is 3. The molecule has 7 heteroatoms. The maximum absolute atomic E-state index is 11.8. The van der Waals surface area contributed by atoms with E-state index in [1.54, 1.807) is 0 Å². The number of alkyl halides is 3. The first kappa shape index (κ1) is 17.2. The lowest BCUT2D eigenvalue weighted by Gasteiger charge is -2.46. The monoisotopic (exact) mass is 297 g/mol. The molecule has 0 amide bonds. The summed E-state index contributed by atoms with van der Waals surface area (Å²) in [7, 11) is 0. The van der Waals surface area contributed by atoms with Crippen LogP contribution in [0.1, 0.15) is 33.6 Å². The van der Waals surface area contributed by atoms with E-state index in [9.17, 15) is 23.1 Å². The molecule has 1 aliphatic carbocycles. The van der Waals surface area contributed by atoms with Crippen LogP contribution in [-0.2, 0) is 9.53 Å². The van der Waals surface area contributed by atoms with E-state index >= 15 is 0 Å². The third-order valence-electron chi connectivity index (χ3n) is 4.51. The third kappa shape index (κ3) is 4.34. The van der Waals surface area contributed by atoms with Crippen molar-refractivity contribution < 1.29 is 27.8 Å². The first-order chi connectivity index (χ1) is 9.05. The van der Waals surface area contributed by atoms with Gasteiger partial charge in [-0.1, -0.05) is 20.8 Å². The van der Waals surface area contributed by atoms with E-state index in [1.807, 2.05) is 20.8 Å². The smallest absolute Gasteiger partial charge is 0.481 e. The molecule has 3 atom stereocenters. The van der Waals surface area contributed by atoms with Crippen LogP contribution < -0.4 is 5.32 Å². The van der Waals surface area contributed by atoms with Crippen LogP contribution in [-0.4, -0.2) is 36.6 Å². The van der Waals surface area contributed by atoms with Crippen LogP contribution in [0.5, 0.6) is 0 Å². The van der Waals surface area contributed by atoms with Crippen molar-refractivity contribution in [2.45, 2.75) is 46.0 Å². The molecule has 0 radical (unpaired) electrons. The molecule has 0 saturated heterocycles. The molecular formula is C13H22F3NO3. The van der Waals surface area contributed by atoms with Crippen LogP contribution in [0.15, 0.2) is 0 Å². The van der Waals surface area contributed by atoms with Crippen LogP contribution in [0.3, 0.4) is 0 Å². The van der Waals surface area contributed by atoms with E-state index < -0.39 is 30.3 Å². The van der Waals surface area contributed by atoms with Crippen LogP contribution in [0.25, 0.3) is 0 Å². The molecule has 0 spiro atoms. The summed E-state index contributed by atoms with van der Waals surface area (Å²) in [5.41, 5.74) is -0.396. The molecule has 4 nitrogen and oxygen atoms in total. The maximum atomic E-state index is 11.8. The number of rotatable bonds is 5. The van der Waals surface area contributed by atoms with Gasteiger partial charge < -0.3 is 10.4 Å². The Kier molecular flexibility index (Phi) is 5.43. The summed E-state index contributed by atoms with van der Waals surface area (Å²) in [6, 6.07) is 0.0115. The fraction of sp³-hybridized carbons (Fsp3) is 0.923. The van der Waals surface area contributed by atoms with Crippen molar-refractivity contribution in [2.75, 3.05) is 13.2 Å². The number of halogens is 3. The van der Waals surface area contributed by atoms with E-state index in [1.165, 1.54) is 0 Å². The first-order valence-corrected chi connectivity index (χ1v) is 6.72. The highest BCUT2D eigenvalue weighted by Crippen LogP contribution is 2.45. The van der Waals surface area contributed by atoms with E-state index in [4.69, 9.17) is 0 Å². The maximum Gasteiger partial charge on any atom is 0.522 e. The van der Waals surface area contributed by atoms with Crippen LogP contribution in [0, 0.1) is 17.3 Å². The van der Waals surface area contributed by atoms with E-state index in [0.717, 1.165) is 0 Å². The Morgan fingerprint density at radius 2 is 2.00 bits per heavy atom. The van der Waals surface area contributed by atoms with Gasteiger partial charge in [0.05, 0.1) is 12.5 Å². The molecule has 0 bridgehead atoms. The summed E-state index contributed by atoms with van der Waals surface area (Å²) in [5.74, 6) is -1.16. The topological polar surface area (TPSA) is 58.6 Å². The quantitative estimate of drug-likeness (QED) is 0.766. The zero-order chi connectivity index (χ0) is 15.6. The van der Waals surface area contributed by atoms with Gasteiger partial charge in [0.1, 0.15) is 0 Å². The van der Waals surface area contributed by atoms with Crippen molar-refractivity contribution in [3.8, 4) is 0 Å². The number of nitrogens with one attached hydrogen (secondary N) is 1. The standard InChI is InChI=1S/C13H22F3NO3/c1-8-10(17-6-7-20-13(14,15)16)5-4-9(11(18)19)12(8,2)3/h8-10,17H,4-7H2,1-3H3,(H,18,19). The molecule has 1 rings (SSSR count). The van der Waals surface area contributed by atoms with Gasteiger partial charge in [0, 0.05) is 12.6 Å². The molecule has 0 heterocycles. The number of carboxylic acids is 1. The summed E-state index contributed by atoms with van der Waals surface area (Å²) >= 11 is 0. The predicted octanol–water partition coefficient (Wildman–Crippen LogP) is 2.64. The molecule has 20 heavy (non-hydrogen) atoms. The summed E-state index contributed by atoms with van der Waals surface area (Å²) in [4.78, 5) is 11.2. The summed E-state index contributed by atoms with van der Waals surface area (Å²) in [5, 5.41) is 12.3.